The van der Waals surface area contributed by atoms with Gasteiger partial charge in [-0.3, -0.25) is 4.90 Å². The summed E-state index contributed by atoms with van der Waals surface area (Å²) in [5.74, 6) is 0.897. The van der Waals surface area contributed by atoms with Gasteiger partial charge in [-0.15, -0.1) is 0 Å². The van der Waals surface area contributed by atoms with Crippen molar-refractivity contribution in [3.63, 3.8) is 0 Å². The fourth-order valence-corrected chi connectivity index (χ4v) is 3.98. The first-order valence-corrected chi connectivity index (χ1v) is 8.77. The molecule has 2 aromatic rings. The number of hydrogen-bond acceptors (Lipinski definition) is 4. The number of rotatable bonds is 3. The lowest BCUT2D eigenvalue weighted by Crippen LogP contribution is -2.44. The van der Waals surface area contributed by atoms with Crippen molar-refractivity contribution < 1.29 is 12.8 Å². The third-order valence-electron chi connectivity index (χ3n) is 4.21. The highest BCUT2D eigenvalue weighted by Crippen LogP contribution is 2.27. The van der Waals surface area contributed by atoms with E-state index in [0.717, 1.165) is 35.3 Å². The highest BCUT2D eigenvalue weighted by molar-refractivity contribution is 7.89. The largest absolute Gasteiger partial charge is 0.461 e. The van der Waals surface area contributed by atoms with E-state index >= 15 is 0 Å². The number of nitrogens with zero attached hydrogens (tertiary/aromatic N) is 1. The number of benzene rings is 1. The van der Waals surface area contributed by atoms with Crippen LogP contribution in [0.4, 0.5) is 0 Å². The predicted molar refractivity (Wildman–Crippen MR) is 82.4 cm³/mol. The minimum Gasteiger partial charge on any atom is -0.461 e. The third-order valence-corrected chi connectivity index (χ3v) is 5.52. The molecule has 1 aliphatic heterocycles. The molecule has 1 fully saturated rings. The molecule has 2 heterocycles. The molecule has 0 aliphatic carbocycles. The summed E-state index contributed by atoms with van der Waals surface area (Å²) in [6.07, 6.45) is 1.51. The Morgan fingerprint density at radius 3 is 2.90 bits per heavy atom. The number of furan rings is 1. The van der Waals surface area contributed by atoms with Crippen molar-refractivity contribution in [2.75, 3.05) is 13.1 Å². The molecule has 0 saturated carbocycles. The summed E-state index contributed by atoms with van der Waals surface area (Å²) in [5.41, 5.74) is 2.02. The highest BCUT2D eigenvalue weighted by atomic mass is 32.2. The van der Waals surface area contributed by atoms with Gasteiger partial charge < -0.3 is 4.42 Å². The first-order valence-electron chi connectivity index (χ1n) is 7.16. The average molecular weight is 308 g/mol. The molecule has 3 rings (SSSR count). The Kier molecular flexibility index (Phi) is 3.77. The number of aryl methyl sites for hydroxylation is 1. The summed E-state index contributed by atoms with van der Waals surface area (Å²) in [6.45, 7) is 4.05. The van der Waals surface area contributed by atoms with Gasteiger partial charge in [0.1, 0.15) is 11.3 Å². The number of piperidine rings is 1. The van der Waals surface area contributed by atoms with Crippen LogP contribution in [0, 0.1) is 6.92 Å². The van der Waals surface area contributed by atoms with Crippen molar-refractivity contribution in [1.29, 1.82) is 0 Å². The standard InChI is InChI=1S/C15H20N2O3S/c1-11-14(13-6-2-3-7-15(13)20-11)10-17-8-4-5-12(9-17)21(16,18)19/h2-3,6-7,12H,4-5,8-10H2,1H3,(H2,16,18,19). The molecule has 5 nitrogen and oxygen atoms in total. The SMILES string of the molecule is Cc1oc2ccccc2c1CN1CCCC(S(N)(=O)=O)C1. The minimum atomic E-state index is -3.46. The molecule has 21 heavy (non-hydrogen) atoms. The highest BCUT2D eigenvalue weighted by Gasteiger charge is 2.28. The van der Waals surface area contributed by atoms with Crippen LogP contribution in [0.15, 0.2) is 28.7 Å². The Morgan fingerprint density at radius 2 is 2.14 bits per heavy atom. The topological polar surface area (TPSA) is 76.5 Å². The van der Waals surface area contributed by atoms with Crippen LogP contribution < -0.4 is 5.14 Å². The molecule has 0 radical (unpaired) electrons. The summed E-state index contributed by atoms with van der Waals surface area (Å²) in [6, 6.07) is 7.94. The number of nitrogens with two attached hydrogens (primary N) is 1. The van der Waals surface area contributed by atoms with Crippen molar-refractivity contribution in [1.82, 2.24) is 4.90 Å². The molecule has 1 atom stereocenters. The van der Waals surface area contributed by atoms with Crippen LogP contribution in [0.5, 0.6) is 0 Å². The fraction of sp³-hybridized carbons (Fsp3) is 0.467. The molecular formula is C15H20N2O3S. The van der Waals surface area contributed by atoms with E-state index in [4.69, 9.17) is 9.56 Å². The van der Waals surface area contributed by atoms with E-state index in [2.05, 4.69) is 4.90 Å². The van der Waals surface area contributed by atoms with Crippen LogP contribution in [-0.4, -0.2) is 31.7 Å². The van der Waals surface area contributed by atoms with E-state index in [1.165, 1.54) is 0 Å². The van der Waals surface area contributed by atoms with Gasteiger partial charge in [-0.1, -0.05) is 18.2 Å². The number of hydrogen-bond donors (Lipinski definition) is 1. The van der Waals surface area contributed by atoms with E-state index in [0.29, 0.717) is 19.5 Å². The quantitative estimate of drug-likeness (QED) is 0.941. The van der Waals surface area contributed by atoms with Gasteiger partial charge in [0.15, 0.2) is 0 Å². The number of para-hydroxylation sites is 1. The molecule has 114 valence electrons. The lowest BCUT2D eigenvalue weighted by atomic mass is 10.1. The van der Waals surface area contributed by atoms with Crippen molar-refractivity contribution in [2.45, 2.75) is 31.6 Å². The van der Waals surface area contributed by atoms with Crippen LogP contribution in [0.3, 0.4) is 0 Å². The van der Waals surface area contributed by atoms with Gasteiger partial charge >= 0.3 is 0 Å². The maximum absolute atomic E-state index is 11.5. The first kappa shape index (κ1) is 14.6. The summed E-state index contributed by atoms with van der Waals surface area (Å²) in [7, 11) is -3.46. The van der Waals surface area contributed by atoms with Crippen LogP contribution in [0.2, 0.25) is 0 Å². The van der Waals surface area contributed by atoms with Crippen molar-refractivity contribution in [3.05, 3.63) is 35.6 Å². The van der Waals surface area contributed by atoms with Gasteiger partial charge in [0.05, 0.1) is 5.25 Å². The maximum atomic E-state index is 11.5. The summed E-state index contributed by atoms with van der Waals surface area (Å²) >= 11 is 0. The van der Waals surface area contributed by atoms with Crippen molar-refractivity contribution in [3.8, 4) is 0 Å². The maximum Gasteiger partial charge on any atom is 0.213 e. The van der Waals surface area contributed by atoms with Gasteiger partial charge in [0.25, 0.3) is 0 Å². The van der Waals surface area contributed by atoms with Gasteiger partial charge in [-0.2, -0.15) is 0 Å². The molecule has 2 N–H and O–H groups in total. The van der Waals surface area contributed by atoms with Crippen LogP contribution in [0.25, 0.3) is 11.0 Å². The van der Waals surface area contributed by atoms with Crippen LogP contribution in [-0.2, 0) is 16.6 Å². The van der Waals surface area contributed by atoms with Gasteiger partial charge in [-0.25, -0.2) is 13.6 Å². The monoisotopic (exact) mass is 308 g/mol. The average Bonchev–Trinajstić information content (AvgIpc) is 2.75. The Balaban J connectivity index is 1.84. The van der Waals surface area contributed by atoms with Gasteiger partial charge in [-0.05, 0) is 32.4 Å². The molecule has 1 unspecified atom stereocenters. The zero-order valence-corrected chi connectivity index (χ0v) is 12.9. The van der Waals surface area contributed by atoms with Gasteiger partial charge in [0, 0.05) is 24.0 Å². The second kappa shape index (κ2) is 5.44. The van der Waals surface area contributed by atoms with E-state index < -0.39 is 15.3 Å². The van der Waals surface area contributed by atoms with E-state index in [-0.39, 0.29) is 0 Å². The van der Waals surface area contributed by atoms with Crippen molar-refractivity contribution >= 4 is 21.0 Å². The van der Waals surface area contributed by atoms with Gasteiger partial charge in [0.2, 0.25) is 10.0 Å². The Morgan fingerprint density at radius 1 is 1.38 bits per heavy atom. The second-order valence-electron chi connectivity index (χ2n) is 5.72. The molecular weight excluding hydrogens is 288 g/mol. The van der Waals surface area contributed by atoms with E-state index in [1.807, 2.05) is 31.2 Å². The lowest BCUT2D eigenvalue weighted by Gasteiger charge is -2.31. The Bertz CT molecular complexity index is 751. The molecule has 0 spiro atoms. The van der Waals surface area contributed by atoms with E-state index in [9.17, 15) is 8.42 Å². The summed E-state index contributed by atoms with van der Waals surface area (Å²) in [5, 5.41) is 5.94. The summed E-state index contributed by atoms with van der Waals surface area (Å²) in [4.78, 5) is 2.16. The van der Waals surface area contributed by atoms with Crippen LogP contribution >= 0.6 is 0 Å². The molecule has 0 amide bonds. The molecule has 0 bridgehead atoms. The van der Waals surface area contributed by atoms with Crippen LogP contribution in [0.1, 0.15) is 24.2 Å². The Hall–Kier alpha value is -1.37. The zero-order chi connectivity index (χ0) is 15.0. The lowest BCUT2D eigenvalue weighted by molar-refractivity contribution is 0.222. The molecule has 6 heteroatoms. The molecule has 1 aromatic carbocycles. The Labute approximate surface area is 124 Å². The predicted octanol–water partition coefficient (Wildman–Crippen LogP) is 1.99. The first-order chi connectivity index (χ1) is 9.95. The molecule has 1 aliphatic rings. The molecule has 1 aromatic heterocycles. The summed E-state index contributed by atoms with van der Waals surface area (Å²) < 4.78 is 28.9. The zero-order valence-electron chi connectivity index (χ0n) is 12.1. The number of primary sulfonamides is 1. The normalized spacial score (nSPS) is 21.0. The third kappa shape index (κ3) is 2.97. The number of sulfonamides is 1. The number of fused-ring (bicyclic) bond motifs is 1. The smallest absolute Gasteiger partial charge is 0.213 e. The second-order valence-corrected chi connectivity index (χ2v) is 7.57. The number of likely N-dealkylation sites (tertiary alicyclic amines) is 1. The molecule has 1 saturated heterocycles. The minimum absolute atomic E-state index is 0.454. The van der Waals surface area contributed by atoms with E-state index in [1.54, 1.807) is 0 Å². The van der Waals surface area contributed by atoms with Crippen molar-refractivity contribution in [2.24, 2.45) is 5.14 Å². The fourth-order valence-electron chi connectivity index (χ4n) is 3.07.